The number of piperidine rings is 1. The molecule has 2 saturated heterocycles. The van der Waals surface area contributed by atoms with E-state index in [1.54, 1.807) is 41.3 Å². The van der Waals surface area contributed by atoms with E-state index in [0.29, 0.717) is 54.4 Å². The lowest BCUT2D eigenvalue weighted by Crippen LogP contribution is -2.54. The van der Waals surface area contributed by atoms with Gasteiger partial charge in [-0.15, -0.1) is 0 Å². The number of imidazole rings is 1. The molecule has 12 nitrogen and oxygen atoms in total. The van der Waals surface area contributed by atoms with Crippen molar-refractivity contribution < 1.29 is 32.4 Å². The van der Waals surface area contributed by atoms with Crippen molar-refractivity contribution in [3.63, 3.8) is 0 Å². The van der Waals surface area contributed by atoms with Crippen molar-refractivity contribution in [1.29, 1.82) is 0 Å². The fourth-order valence-electron chi connectivity index (χ4n) is 7.40. The molecular formula is C40H42ClF2N8O4+. The number of benzene rings is 3. The second-order valence-corrected chi connectivity index (χ2v) is 15.0. The number of aromatic nitrogens is 4. The van der Waals surface area contributed by atoms with E-state index in [4.69, 9.17) is 16.3 Å². The van der Waals surface area contributed by atoms with E-state index in [1.165, 1.54) is 49.3 Å². The molecule has 0 bridgehead atoms. The number of methoxy groups -OCH3 is 1. The van der Waals surface area contributed by atoms with Crippen LogP contribution in [0.5, 0.6) is 5.75 Å². The maximum Gasteiger partial charge on any atom is 0.291 e. The first-order chi connectivity index (χ1) is 26.4. The Labute approximate surface area is 322 Å². The largest absolute Gasteiger partial charge is 0.496 e. The SMILES string of the molecule is COc1ccccc1-c1[nH]ncc1-c1ccc(-c2cnc(C(=O)Nc3ccc(C(=O)N4CCN(C(=O)C5CC[N+](C)(C)CC5)CC4)c(Cl)c3)n2C)c(F)c1F. The minimum atomic E-state index is -1.12. The number of nitrogens with one attached hydrogen (secondary N) is 2. The first kappa shape index (κ1) is 37.7. The average Bonchev–Trinajstić information content (AvgIpc) is 3.82. The number of piperazine rings is 1. The zero-order valence-electron chi connectivity index (χ0n) is 31.0. The molecule has 286 valence electrons. The third-order valence-corrected chi connectivity index (χ3v) is 11.0. The Hall–Kier alpha value is -5.60. The topological polar surface area (TPSA) is 125 Å². The van der Waals surface area contributed by atoms with E-state index in [-0.39, 0.29) is 51.0 Å². The van der Waals surface area contributed by atoms with Crippen molar-refractivity contribution in [3.8, 4) is 39.4 Å². The lowest BCUT2D eigenvalue weighted by molar-refractivity contribution is -0.895. The second kappa shape index (κ2) is 15.3. The molecule has 7 rings (SSSR count). The van der Waals surface area contributed by atoms with Gasteiger partial charge < -0.3 is 28.9 Å². The highest BCUT2D eigenvalue weighted by Gasteiger charge is 2.35. The van der Waals surface area contributed by atoms with Gasteiger partial charge in [0, 0.05) is 79.9 Å². The third kappa shape index (κ3) is 7.43. The molecule has 3 amide bonds. The fraction of sp³-hybridized carbons (Fsp3) is 0.325. The number of hydrogen-bond acceptors (Lipinski definition) is 6. The van der Waals surface area contributed by atoms with Gasteiger partial charge in [0.25, 0.3) is 11.8 Å². The standard InChI is InChI=1S/C40H41ClF2N8O4/c1-48-32(28-12-11-26(34(42)35(28)43)30-22-45-47-36(30)29-7-5-6-8-33(29)55-4)23-44-37(48)38(52)46-25-9-10-27(31(41)21-25)40(54)50-17-15-49(16-18-50)39(53)24-13-19-51(2,3)20-14-24/h5-12,21-24H,13-20H2,1-4H3,(H-,45,46,47,52,54)/p+1. The number of aromatic amines is 1. The number of H-pyrrole nitrogens is 1. The van der Waals surface area contributed by atoms with Crippen LogP contribution in [0.2, 0.25) is 5.02 Å². The summed E-state index contributed by atoms with van der Waals surface area (Å²) in [5, 5.41) is 9.80. The maximum absolute atomic E-state index is 15.8. The minimum absolute atomic E-state index is 0.00869. The Bertz CT molecular complexity index is 2270. The van der Waals surface area contributed by atoms with Gasteiger partial charge in [-0.3, -0.25) is 19.5 Å². The van der Waals surface area contributed by atoms with Crippen LogP contribution in [-0.2, 0) is 11.8 Å². The number of rotatable bonds is 8. The van der Waals surface area contributed by atoms with E-state index in [1.807, 2.05) is 4.90 Å². The van der Waals surface area contributed by atoms with Gasteiger partial charge >= 0.3 is 0 Å². The zero-order chi connectivity index (χ0) is 39.0. The average molecular weight is 772 g/mol. The summed E-state index contributed by atoms with van der Waals surface area (Å²) >= 11 is 6.56. The molecular weight excluding hydrogens is 730 g/mol. The molecule has 0 saturated carbocycles. The van der Waals surface area contributed by atoms with Crippen molar-refractivity contribution in [2.45, 2.75) is 12.8 Å². The number of likely N-dealkylation sites (tertiary alicyclic amines) is 1. The first-order valence-corrected chi connectivity index (χ1v) is 18.4. The zero-order valence-corrected chi connectivity index (χ0v) is 31.8. The van der Waals surface area contributed by atoms with Gasteiger partial charge in [0.2, 0.25) is 5.91 Å². The van der Waals surface area contributed by atoms with Gasteiger partial charge in [-0.2, -0.15) is 5.10 Å². The Balaban J connectivity index is 1.01. The van der Waals surface area contributed by atoms with Crippen LogP contribution in [0.25, 0.3) is 33.6 Å². The number of carbonyl (C=O) groups is 3. The Morgan fingerprint density at radius 2 is 1.56 bits per heavy atom. The van der Waals surface area contributed by atoms with Crippen LogP contribution in [-0.4, -0.2) is 112 Å². The molecule has 0 unspecified atom stereocenters. The van der Waals surface area contributed by atoms with Crippen molar-refractivity contribution in [2.24, 2.45) is 13.0 Å². The Morgan fingerprint density at radius 3 is 2.27 bits per heavy atom. The number of amides is 3. The molecule has 2 aromatic heterocycles. The predicted octanol–water partition coefficient (Wildman–Crippen LogP) is 6.11. The molecule has 2 fully saturated rings. The van der Waals surface area contributed by atoms with Crippen molar-refractivity contribution in [2.75, 3.05) is 65.8 Å². The van der Waals surface area contributed by atoms with Gasteiger partial charge in [-0.25, -0.2) is 13.8 Å². The number of ether oxygens (including phenoxy) is 1. The number of quaternary nitrogens is 1. The predicted molar refractivity (Wildman–Crippen MR) is 205 cm³/mol. The molecule has 0 aliphatic carbocycles. The lowest BCUT2D eigenvalue weighted by atomic mass is 9.94. The number of anilines is 1. The number of nitrogens with zero attached hydrogens (tertiary/aromatic N) is 6. The fourth-order valence-corrected chi connectivity index (χ4v) is 7.66. The van der Waals surface area contributed by atoms with Crippen LogP contribution < -0.4 is 10.1 Å². The van der Waals surface area contributed by atoms with Gasteiger partial charge in [0.15, 0.2) is 17.5 Å². The van der Waals surface area contributed by atoms with E-state index >= 15 is 8.78 Å². The van der Waals surface area contributed by atoms with E-state index in [0.717, 1.165) is 30.4 Å². The van der Waals surface area contributed by atoms with Crippen LogP contribution >= 0.6 is 11.6 Å². The number of para-hydroxylation sites is 1. The highest BCUT2D eigenvalue weighted by Crippen LogP contribution is 2.39. The van der Waals surface area contributed by atoms with Gasteiger partial charge in [0.1, 0.15) is 5.75 Å². The van der Waals surface area contributed by atoms with E-state index < -0.39 is 17.5 Å². The Kier molecular flexibility index (Phi) is 10.5. The summed E-state index contributed by atoms with van der Waals surface area (Å²) in [6, 6.07) is 14.6. The van der Waals surface area contributed by atoms with Crippen LogP contribution in [0.3, 0.4) is 0 Å². The third-order valence-electron chi connectivity index (χ3n) is 10.7. The quantitative estimate of drug-likeness (QED) is 0.184. The molecule has 2 aliphatic heterocycles. The number of hydrogen-bond donors (Lipinski definition) is 2. The highest BCUT2D eigenvalue weighted by molar-refractivity contribution is 6.34. The summed E-state index contributed by atoms with van der Waals surface area (Å²) in [5.74, 6) is -2.41. The van der Waals surface area contributed by atoms with Crippen LogP contribution in [0, 0.1) is 17.6 Å². The molecule has 0 spiro atoms. The van der Waals surface area contributed by atoms with Crippen molar-refractivity contribution in [3.05, 3.63) is 95.0 Å². The molecule has 55 heavy (non-hydrogen) atoms. The second-order valence-electron chi connectivity index (χ2n) is 14.6. The molecule has 5 aromatic rings. The van der Waals surface area contributed by atoms with Crippen LogP contribution in [0.4, 0.5) is 14.5 Å². The van der Waals surface area contributed by atoms with Gasteiger partial charge in [0.05, 0.1) is 68.7 Å². The van der Waals surface area contributed by atoms with Crippen LogP contribution in [0.15, 0.2) is 67.0 Å². The molecule has 2 N–H and O–H groups in total. The summed E-state index contributed by atoms with van der Waals surface area (Å²) in [6.07, 6.45) is 4.46. The Morgan fingerprint density at radius 1 is 0.891 bits per heavy atom. The minimum Gasteiger partial charge on any atom is -0.496 e. The molecule has 0 atom stereocenters. The number of carbonyl (C=O) groups excluding carboxylic acids is 3. The molecule has 2 aliphatic rings. The number of halogens is 3. The summed E-state index contributed by atoms with van der Waals surface area (Å²) in [6.45, 7) is 3.68. The molecule has 3 aromatic carbocycles. The summed E-state index contributed by atoms with van der Waals surface area (Å²) in [7, 11) is 7.41. The lowest BCUT2D eigenvalue weighted by Gasteiger charge is -2.40. The van der Waals surface area contributed by atoms with Crippen molar-refractivity contribution >= 4 is 35.0 Å². The highest BCUT2D eigenvalue weighted by atomic mass is 35.5. The first-order valence-electron chi connectivity index (χ1n) is 18.0. The van der Waals surface area contributed by atoms with Gasteiger partial charge in [-0.1, -0.05) is 29.8 Å². The molecule has 4 heterocycles. The normalized spacial score (nSPS) is 15.9. The molecule has 0 radical (unpaired) electrons. The van der Waals surface area contributed by atoms with E-state index in [2.05, 4.69) is 34.6 Å². The monoisotopic (exact) mass is 771 g/mol. The maximum atomic E-state index is 15.8. The summed E-state index contributed by atoms with van der Waals surface area (Å²) in [4.78, 5) is 47.7. The van der Waals surface area contributed by atoms with Crippen LogP contribution in [0.1, 0.15) is 33.8 Å². The van der Waals surface area contributed by atoms with Gasteiger partial charge in [-0.05, 0) is 36.4 Å². The molecule has 15 heteroatoms. The van der Waals surface area contributed by atoms with E-state index in [9.17, 15) is 14.4 Å². The smallest absolute Gasteiger partial charge is 0.291 e. The summed E-state index contributed by atoms with van der Waals surface area (Å²) in [5.41, 5.74) is 2.10. The summed E-state index contributed by atoms with van der Waals surface area (Å²) < 4.78 is 39.2. The van der Waals surface area contributed by atoms with Crippen molar-refractivity contribution in [1.82, 2.24) is 29.5 Å².